The molecule has 0 spiro atoms. The number of nitrogens with zero attached hydrogens (tertiary/aromatic N) is 4. The molecule has 1 aliphatic heterocycles. The van der Waals surface area contributed by atoms with E-state index in [1.807, 2.05) is 6.08 Å². The minimum Gasteiger partial charge on any atom is -0.478 e. The normalized spacial score (nSPS) is 14.3. The number of carboxylic acids is 1. The molecule has 8 nitrogen and oxygen atoms in total. The lowest BCUT2D eigenvalue weighted by Crippen LogP contribution is -2.06. The highest BCUT2D eigenvalue weighted by atomic mass is 19.3. The van der Waals surface area contributed by atoms with Crippen LogP contribution in [0.15, 0.2) is 41.1 Å². The number of hydrogen-bond donors (Lipinski definition) is 1. The van der Waals surface area contributed by atoms with E-state index in [4.69, 9.17) is 9.15 Å². The molecule has 5 heterocycles. The van der Waals surface area contributed by atoms with Gasteiger partial charge in [-0.1, -0.05) is 6.08 Å². The molecule has 4 aromatic rings. The monoisotopic (exact) mass is 454 g/mol. The molecule has 4 aromatic heterocycles. The summed E-state index contributed by atoms with van der Waals surface area (Å²) >= 11 is 0. The minimum absolute atomic E-state index is 0.0802. The highest BCUT2D eigenvalue weighted by Crippen LogP contribution is 2.36. The predicted octanol–water partition coefficient (Wildman–Crippen LogP) is 4.97. The van der Waals surface area contributed by atoms with Gasteiger partial charge in [-0.05, 0) is 44.0 Å². The van der Waals surface area contributed by atoms with Crippen molar-refractivity contribution >= 4 is 17.1 Å². The van der Waals surface area contributed by atoms with Gasteiger partial charge in [-0.2, -0.15) is 19.0 Å². The van der Waals surface area contributed by atoms with E-state index in [1.165, 1.54) is 6.07 Å². The zero-order valence-corrected chi connectivity index (χ0v) is 17.9. The average Bonchev–Trinajstić information content (AvgIpc) is 3.49. The van der Waals surface area contributed by atoms with Gasteiger partial charge in [0.15, 0.2) is 0 Å². The van der Waals surface area contributed by atoms with E-state index < -0.39 is 12.5 Å². The van der Waals surface area contributed by atoms with Gasteiger partial charge in [-0.3, -0.25) is 0 Å². The SMILES string of the molecule is Cc1nn(C(F)F)c(C)c1-c1cnn2ccc(-c3cc(C(=O)O)c(C4=CCOCC4)o3)cc12. The van der Waals surface area contributed by atoms with Crippen molar-refractivity contribution in [3.63, 3.8) is 0 Å². The fourth-order valence-corrected chi connectivity index (χ4v) is 4.23. The van der Waals surface area contributed by atoms with E-state index in [2.05, 4.69) is 10.2 Å². The summed E-state index contributed by atoms with van der Waals surface area (Å²) in [5.74, 6) is -0.371. The van der Waals surface area contributed by atoms with Gasteiger partial charge in [0, 0.05) is 28.6 Å². The van der Waals surface area contributed by atoms with Crippen LogP contribution in [0.1, 0.15) is 40.5 Å². The van der Waals surface area contributed by atoms with Crippen LogP contribution in [-0.2, 0) is 4.74 Å². The lowest BCUT2D eigenvalue weighted by atomic mass is 10.0. The Balaban J connectivity index is 1.63. The molecular weight excluding hydrogens is 434 g/mol. The Morgan fingerprint density at radius 3 is 2.76 bits per heavy atom. The number of carboxylic acid groups (broad SMARTS) is 1. The Morgan fingerprint density at radius 2 is 2.09 bits per heavy atom. The first kappa shape index (κ1) is 21.1. The summed E-state index contributed by atoms with van der Waals surface area (Å²) < 4.78 is 40.3. The van der Waals surface area contributed by atoms with Gasteiger partial charge in [-0.25, -0.2) is 14.0 Å². The van der Waals surface area contributed by atoms with Crippen molar-refractivity contribution < 1.29 is 27.8 Å². The Hall–Kier alpha value is -3.79. The third kappa shape index (κ3) is 3.52. The molecule has 170 valence electrons. The largest absolute Gasteiger partial charge is 0.478 e. The van der Waals surface area contributed by atoms with E-state index in [-0.39, 0.29) is 5.56 Å². The Morgan fingerprint density at radius 1 is 1.27 bits per heavy atom. The number of aryl methyl sites for hydroxylation is 1. The first-order chi connectivity index (χ1) is 15.8. The molecule has 0 saturated heterocycles. The van der Waals surface area contributed by atoms with E-state index in [0.717, 1.165) is 5.57 Å². The van der Waals surface area contributed by atoms with Crippen LogP contribution in [0.2, 0.25) is 0 Å². The number of aromatic carboxylic acids is 1. The highest BCUT2D eigenvalue weighted by molar-refractivity contribution is 5.95. The second-order valence-electron chi connectivity index (χ2n) is 7.78. The lowest BCUT2D eigenvalue weighted by molar-refractivity contribution is 0.0541. The summed E-state index contributed by atoms with van der Waals surface area (Å²) in [6.45, 7) is 1.42. The maximum absolute atomic E-state index is 13.3. The first-order valence-electron chi connectivity index (χ1n) is 10.3. The molecule has 0 saturated carbocycles. The maximum Gasteiger partial charge on any atom is 0.339 e. The highest BCUT2D eigenvalue weighted by Gasteiger charge is 2.24. The van der Waals surface area contributed by atoms with Crippen molar-refractivity contribution in [3.8, 4) is 22.5 Å². The van der Waals surface area contributed by atoms with E-state index >= 15 is 0 Å². The second kappa shape index (κ2) is 7.96. The Labute approximate surface area is 186 Å². The maximum atomic E-state index is 13.3. The van der Waals surface area contributed by atoms with Crippen LogP contribution >= 0.6 is 0 Å². The number of alkyl halides is 2. The van der Waals surface area contributed by atoms with Crippen LogP contribution in [0.3, 0.4) is 0 Å². The van der Waals surface area contributed by atoms with Crippen LogP contribution in [0.5, 0.6) is 0 Å². The molecule has 1 N–H and O–H groups in total. The smallest absolute Gasteiger partial charge is 0.339 e. The number of fused-ring (bicyclic) bond motifs is 1. The Kier molecular flexibility index (Phi) is 5.09. The van der Waals surface area contributed by atoms with Gasteiger partial charge in [-0.15, -0.1) is 0 Å². The minimum atomic E-state index is -2.75. The molecule has 33 heavy (non-hydrogen) atoms. The van der Waals surface area contributed by atoms with Crippen LogP contribution in [-0.4, -0.2) is 43.7 Å². The van der Waals surface area contributed by atoms with Gasteiger partial charge in [0.2, 0.25) is 0 Å². The molecule has 10 heteroatoms. The number of halogens is 2. The van der Waals surface area contributed by atoms with Crippen LogP contribution in [0.25, 0.3) is 33.5 Å². The van der Waals surface area contributed by atoms with Gasteiger partial charge < -0.3 is 14.3 Å². The average molecular weight is 454 g/mol. The van der Waals surface area contributed by atoms with Gasteiger partial charge in [0.05, 0.1) is 30.6 Å². The number of furan rings is 1. The quantitative estimate of drug-likeness (QED) is 0.458. The van der Waals surface area contributed by atoms with Gasteiger partial charge in [0.1, 0.15) is 17.1 Å². The molecule has 0 fully saturated rings. The van der Waals surface area contributed by atoms with E-state index in [1.54, 1.807) is 42.9 Å². The molecule has 5 rings (SSSR count). The third-order valence-corrected chi connectivity index (χ3v) is 5.80. The molecule has 0 unspecified atom stereocenters. The summed E-state index contributed by atoms with van der Waals surface area (Å²) in [5, 5.41) is 18.0. The molecule has 0 bridgehead atoms. The number of carbonyl (C=O) groups is 1. The number of pyridine rings is 1. The summed E-state index contributed by atoms with van der Waals surface area (Å²) in [4.78, 5) is 11.8. The second-order valence-corrected chi connectivity index (χ2v) is 7.78. The van der Waals surface area contributed by atoms with Gasteiger partial charge >= 0.3 is 12.5 Å². The number of aromatic nitrogens is 4. The van der Waals surface area contributed by atoms with Crippen molar-refractivity contribution in [1.82, 2.24) is 19.4 Å². The van der Waals surface area contributed by atoms with Crippen LogP contribution in [0.4, 0.5) is 8.78 Å². The summed E-state index contributed by atoms with van der Waals surface area (Å²) in [6.07, 6.45) is 5.70. The summed E-state index contributed by atoms with van der Waals surface area (Å²) in [7, 11) is 0. The van der Waals surface area contributed by atoms with Crippen LogP contribution < -0.4 is 0 Å². The van der Waals surface area contributed by atoms with Crippen molar-refractivity contribution in [2.45, 2.75) is 26.8 Å². The number of ether oxygens (including phenoxy) is 1. The fourth-order valence-electron chi connectivity index (χ4n) is 4.23. The predicted molar refractivity (Wildman–Crippen MR) is 115 cm³/mol. The van der Waals surface area contributed by atoms with E-state index in [9.17, 15) is 18.7 Å². The molecule has 0 amide bonds. The standard InChI is InChI=1S/C23H20F2N4O4/c1-12-20(13(2)29(27-12)23(24)25)17-11-26-28-6-3-15(9-18(17)28)19-10-16(22(30)31)21(33-19)14-4-7-32-8-5-14/h3-4,6,9-11,23H,5,7-8H2,1-2H3,(H,30,31). The first-order valence-corrected chi connectivity index (χ1v) is 10.3. The number of hydrogen-bond acceptors (Lipinski definition) is 5. The molecule has 0 aromatic carbocycles. The summed E-state index contributed by atoms with van der Waals surface area (Å²) in [5.41, 5.74) is 4.21. The topological polar surface area (TPSA) is 94.8 Å². The van der Waals surface area contributed by atoms with Crippen molar-refractivity contribution in [1.29, 1.82) is 0 Å². The lowest BCUT2D eigenvalue weighted by Gasteiger charge is -2.12. The van der Waals surface area contributed by atoms with Crippen LogP contribution in [0, 0.1) is 13.8 Å². The molecule has 0 radical (unpaired) electrons. The van der Waals surface area contributed by atoms with Gasteiger partial charge in [0.25, 0.3) is 0 Å². The Bertz CT molecular complexity index is 1410. The van der Waals surface area contributed by atoms with Crippen molar-refractivity contribution in [2.75, 3.05) is 13.2 Å². The fraction of sp³-hybridized carbons (Fsp3) is 0.261. The zero-order chi connectivity index (χ0) is 23.3. The molecule has 0 atom stereocenters. The molecule has 0 aliphatic carbocycles. The molecular formula is C23H20F2N4O4. The molecule has 1 aliphatic rings. The van der Waals surface area contributed by atoms with Crippen molar-refractivity contribution in [3.05, 3.63) is 59.4 Å². The summed E-state index contributed by atoms with van der Waals surface area (Å²) in [6, 6.07) is 5.06. The van der Waals surface area contributed by atoms with E-state index in [0.29, 0.717) is 69.4 Å². The number of rotatable bonds is 5. The third-order valence-electron chi connectivity index (χ3n) is 5.80. The zero-order valence-electron chi connectivity index (χ0n) is 17.9. The van der Waals surface area contributed by atoms with Crippen molar-refractivity contribution in [2.24, 2.45) is 0 Å².